The van der Waals surface area contributed by atoms with Crippen LogP contribution in [0.5, 0.6) is 0 Å². The predicted molar refractivity (Wildman–Crippen MR) is 154 cm³/mol. The minimum absolute atomic E-state index is 0.00154. The molecule has 2 N–H and O–H groups in total. The molecule has 0 spiro atoms. The fourth-order valence-electron chi connectivity index (χ4n) is 7.34. The normalized spacial score (nSPS) is 33.7. The van der Waals surface area contributed by atoms with Crippen LogP contribution in [0.25, 0.3) is 0 Å². The van der Waals surface area contributed by atoms with E-state index in [9.17, 15) is 14.4 Å². The van der Waals surface area contributed by atoms with E-state index in [-0.39, 0.29) is 41.3 Å². The lowest BCUT2D eigenvalue weighted by Gasteiger charge is -2.64. The van der Waals surface area contributed by atoms with E-state index in [1.807, 2.05) is 6.92 Å². The molecule has 9 nitrogen and oxygen atoms in total. The van der Waals surface area contributed by atoms with Gasteiger partial charge in [0.1, 0.15) is 17.7 Å². The first-order chi connectivity index (χ1) is 18.6. The molecule has 3 saturated carbocycles. The molecule has 2 aliphatic heterocycles. The second-order valence-electron chi connectivity index (χ2n) is 14.0. The quantitative estimate of drug-likeness (QED) is 0.328. The Morgan fingerprint density at radius 3 is 2.38 bits per heavy atom. The standard InChI is InChI=1S/C30H48BN3O6/c1-10-12-20(32-27(37)38-28(4,5)6)26(36)34-17-18(3)14-21(34)25(35)33-24(13-11-2)31-39-23-16-19-15-22(29(19,7)8)30(23,9)40-31/h10-11,18-24H,1-2,12-17H2,3-9H3,(H,32,37)(H,33,35). The highest BCUT2D eigenvalue weighted by Crippen LogP contribution is 2.65. The van der Waals surface area contributed by atoms with Crippen LogP contribution in [-0.2, 0) is 23.6 Å². The summed E-state index contributed by atoms with van der Waals surface area (Å²) in [6.45, 7) is 22.1. The number of nitrogens with zero attached hydrogens (tertiary/aromatic N) is 1. The van der Waals surface area contributed by atoms with Gasteiger partial charge in [-0.1, -0.05) is 32.9 Å². The lowest BCUT2D eigenvalue weighted by Crippen LogP contribution is -2.65. The predicted octanol–water partition coefficient (Wildman–Crippen LogP) is 4.02. The van der Waals surface area contributed by atoms with Gasteiger partial charge in [0.05, 0.1) is 17.6 Å². The van der Waals surface area contributed by atoms with E-state index in [0.29, 0.717) is 31.2 Å². The van der Waals surface area contributed by atoms with Gasteiger partial charge in [-0.3, -0.25) is 9.59 Å². The Bertz CT molecular complexity index is 1030. The summed E-state index contributed by atoms with van der Waals surface area (Å²) in [6.07, 6.45) is 5.99. The number of carbonyl (C=O) groups excluding carboxylic acids is 3. The Kier molecular flexibility index (Phi) is 8.54. The Morgan fingerprint density at radius 2 is 1.77 bits per heavy atom. The van der Waals surface area contributed by atoms with E-state index in [1.54, 1.807) is 37.8 Å². The zero-order valence-electron chi connectivity index (χ0n) is 25.3. The van der Waals surface area contributed by atoms with Crippen LogP contribution >= 0.6 is 0 Å². The third kappa shape index (κ3) is 5.84. The Morgan fingerprint density at radius 1 is 1.10 bits per heavy atom. The second kappa shape index (κ2) is 11.2. The summed E-state index contributed by atoms with van der Waals surface area (Å²) in [4.78, 5) is 41.4. The molecule has 10 heteroatoms. The van der Waals surface area contributed by atoms with Crippen molar-refractivity contribution in [3.8, 4) is 0 Å². The van der Waals surface area contributed by atoms with E-state index < -0.39 is 36.8 Å². The lowest BCUT2D eigenvalue weighted by molar-refractivity contribution is -0.199. The van der Waals surface area contributed by atoms with E-state index >= 15 is 0 Å². The van der Waals surface area contributed by atoms with Crippen LogP contribution in [0.2, 0.25) is 0 Å². The first kappa shape index (κ1) is 30.6. The molecule has 8 unspecified atom stereocenters. The zero-order chi connectivity index (χ0) is 29.6. The highest BCUT2D eigenvalue weighted by molar-refractivity contribution is 6.48. The first-order valence-corrected chi connectivity index (χ1v) is 14.8. The van der Waals surface area contributed by atoms with Gasteiger partial charge in [-0.2, -0.15) is 0 Å². The topological polar surface area (TPSA) is 106 Å². The highest BCUT2D eigenvalue weighted by atomic mass is 16.7. The summed E-state index contributed by atoms with van der Waals surface area (Å²) in [5.74, 6) is 0.155. The minimum atomic E-state index is -0.878. The van der Waals surface area contributed by atoms with Gasteiger partial charge in [0.2, 0.25) is 11.8 Å². The first-order valence-electron chi connectivity index (χ1n) is 14.8. The smallest absolute Gasteiger partial charge is 0.444 e. The van der Waals surface area contributed by atoms with Gasteiger partial charge in [-0.25, -0.2) is 4.79 Å². The van der Waals surface area contributed by atoms with Crippen molar-refractivity contribution in [3.63, 3.8) is 0 Å². The molecule has 3 amide bonds. The molecule has 3 aliphatic carbocycles. The van der Waals surface area contributed by atoms with Crippen LogP contribution in [0.4, 0.5) is 4.79 Å². The molecule has 222 valence electrons. The maximum absolute atomic E-state index is 13.7. The maximum atomic E-state index is 13.7. The minimum Gasteiger partial charge on any atom is -0.444 e. The van der Waals surface area contributed by atoms with E-state index in [2.05, 4.69) is 44.6 Å². The van der Waals surface area contributed by atoms with E-state index in [0.717, 1.165) is 12.8 Å². The molecule has 5 aliphatic rings. The van der Waals surface area contributed by atoms with Crippen molar-refractivity contribution in [2.75, 3.05) is 6.54 Å². The van der Waals surface area contributed by atoms with Gasteiger partial charge >= 0.3 is 13.2 Å². The average molecular weight is 558 g/mol. The number of nitrogens with one attached hydrogen (secondary N) is 2. The van der Waals surface area contributed by atoms with Gasteiger partial charge in [0.15, 0.2) is 0 Å². The molecule has 2 heterocycles. The molecular formula is C30H48BN3O6. The SMILES string of the molecule is C=CCC(NC(=O)C1CC(C)CN1C(=O)C(CC=C)NC(=O)OC(C)(C)C)B1OC2CC3CC(C3(C)C)C2(C)O1. The van der Waals surface area contributed by atoms with Crippen molar-refractivity contribution >= 4 is 25.0 Å². The maximum Gasteiger partial charge on any atom is 0.482 e. The van der Waals surface area contributed by atoms with Crippen LogP contribution in [0.1, 0.15) is 80.6 Å². The third-order valence-electron chi connectivity index (χ3n) is 9.53. The monoisotopic (exact) mass is 557 g/mol. The summed E-state index contributed by atoms with van der Waals surface area (Å²) in [7, 11) is -0.586. The van der Waals surface area contributed by atoms with E-state index in [4.69, 9.17) is 14.0 Å². The van der Waals surface area contributed by atoms with Crippen molar-refractivity contribution < 1.29 is 28.4 Å². The summed E-state index contributed by atoms with van der Waals surface area (Å²) in [5.41, 5.74) is -0.870. The molecule has 8 atom stereocenters. The van der Waals surface area contributed by atoms with Gasteiger partial charge in [-0.05, 0) is 83.0 Å². The zero-order valence-corrected chi connectivity index (χ0v) is 25.3. The molecule has 2 saturated heterocycles. The average Bonchev–Trinajstić information content (AvgIpc) is 3.41. The van der Waals surface area contributed by atoms with Crippen LogP contribution < -0.4 is 10.6 Å². The third-order valence-corrected chi connectivity index (χ3v) is 9.53. The number of hydrogen-bond acceptors (Lipinski definition) is 6. The van der Waals surface area contributed by atoms with Crippen molar-refractivity contribution in [2.24, 2.45) is 23.2 Å². The Balaban J connectivity index is 1.45. The summed E-state index contributed by atoms with van der Waals surface area (Å²) in [5, 5.41) is 5.81. The van der Waals surface area contributed by atoms with Crippen LogP contribution in [-0.4, -0.2) is 71.8 Å². The molecular weight excluding hydrogens is 509 g/mol. The highest BCUT2D eigenvalue weighted by Gasteiger charge is 2.68. The van der Waals surface area contributed by atoms with Gasteiger partial charge in [-0.15, -0.1) is 13.2 Å². The Hall–Kier alpha value is -2.33. The van der Waals surface area contributed by atoms with Gasteiger partial charge < -0.3 is 29.6 Å². The number of amides is 3. The molecule has 5 fully saturated rings. The summed E-state index contributed by atoms with van der Waals surface area (Å²) >= 11 is 0. The fourth-order valence-corrected chi connectivity index (χ4v) is 7.34. The molecule has 0 aromatic carbocycles. The number of hydrogen-bond donors (Lipinski definition) is 2. The number of ether oxygens (including phenoxy) is 1. The van der Waals surface area contributed by atoms with Crippen molar-refractivity contribution in [1.29, 1.82) is 0 Å². The molecule has 0 aromatic rings. The van der Waals surface area contributed by atoms with Gasteiger partial charge in [0, 0.05) is 6.54 Å². The number of carbonyl (C=O) groups is 3. The second-order valence-corrected chi connectivity index (χ2v) is 14.0. The molecule has 5 rings (SSSR count). The number of likely N-dealkylation sites (tertiary alicyclic amines) is 1. The lowest BCUT2D eigenvalue weighted by atomic mass is 9.43. The van der Waals surface area contributed by atoms with Crippen LogP contribution in [0, 0.1) is 23.2 Å². The molecule has 40 heavy (non-hydrogen) atoms. The van der Waals surface area contributed by atoms with Crippen LogP contribution in [0.15, 0.2) is 25.3 Å². The van der Waals surface area contributed by atoms with Crippen molar-refractivity contribution in [3.05, 3.63) is 25.3 Å². The molecule has 0 radical (unpaired) electrons. The van der Waals surface area contributed by atoms with Crippen LogP contribution in [0.3, 0.4) is 0 Å². The number of rotatable bonds is 9. The largest absolute Gasteiger partial charge is 0.482 e. The van der Waals surface area contributed by atoms with Crippen molar-refractivity contribution in [1.82, 2.24) is 15.5 Å². The van der Waals surface area contributed by atoms with Gasteiger partial charge in [0.25, 0.3) is 0 Å². The summed E-state index contributed by atoms with van der Waals surface area (Å²) < 4.78 is 18.4. The van der Waals surface area contributed by atoms with E-state index in [1.165, 1.54) is 0 Å². The summed E-state index contributed by atoms with van der Waals surface area (Å²) in [6, 6.07) is -1.55. The fraction of sp³-hybridized carbons (Fsp3) is 0.767. The number of alkyl carbamates (subject to hydrolysis) is 1. The molecule has 2 bridgehead atoms. The van der Waals surface area contributed by atoms with Crippen molar-refractivity contribution in [2.45, 2.75) is 116 Å². The molecule has 0 aromatic heterocycles. The Labute approximate surface area is 239 Å².